The first-order valence-electron chi connectivity index (χ1n) is 13.2. The highest BCUT2D eigenvalue weighted by Gasteiger charge is 2.34. The quantitative estimate of drug-likeness (QED) is 0.170. The summed E-state index contributed by atoms with van der Waals surface area (Å²) in [5.74, 6) is -1.55. The van der Waals surface area contributed by atoms with Crippen LogP contribution in [0.3, 0.4) is 0 Å². The number of alkyl halides is 3. The van der Waals surface area contributed by atoms with Gasteiger partial charge in [0.25, 0.3) is 0 Å². The number of aromatic nitrogens is 2. The summed E-state index contributed by atoms with van der Waals surface area (Å²) in [6, 6.07) is 19.7. The number of nitrogens with two attached hydrogens (primary N) is 1. The summed E-state index contributed by atoms with van der Waals surface area (Å²) < 4.78 is 57.0. The molecule has 7 nitrogen and oxygen atoms in total. The minimum Gasteiger partial charge on any atom is -0.344 e. The largest absolute Gasteiger partial charge is 0.416 e. The van der Waals surface area contributed by atoms with Crippen molar-refractivity contribution in [2.75, 3.05) is 18.4 Å². The highest BCUT2D eigenvalue weighted by Crippen LogP contribution is 2.32. The molecule has 0 aliphatic heterocycles. The van der Waals surface area contributed by atoms with Gasteiger partial charge in [0.2, 0.25) is 0 Å². The maximum atomic E-state index is 13.8. The Bertz CT molecular complexity index is 1610. The molecule has 43 heavy (non-hydrogen) atoms. The number of imidazole rings is 1. The van der Waals surface area contributed by atoms with E-state index >= 15 is 0 Å². The summed E-state index contributed by atoms with van der Waals surface area (Å²) in [6.45, 7) is -0.00410. The smallest absolute Gasteiger partial charge is 0.344 e. The van der Waals surface area contributed by atoms with Gasteiger partial charge in [0.15, 0.2) is 5.11 Å². The van der Waals surface area contributed by atoms with Gasteiger partial charge in [-0.25, -0.2) is 9.37 Å². The van der Waals surface area contributed by atoms with E-state index in [-0.39, 0.29) is 42.5 Å². The van der Waals surface area contributed by atoms with Crippen LogP contribution in [0.15, 0.2) is 85.3 Å². The summed E-state index contributed by atoms with van der Waals surface area (Å²) >= 11 is 5.54. The van der Waals surface area contributed by atoms with Gasteiger partial charge in [-0.1, -0.05) is 36.4 Å². The number of carbonyl (C=O) groups excluding carboxylic acids is 1. The molecule has 0 unspecified atom stereocenters. The Labute approximate surface area is 251 Å². The van der Waals surface area contributed by atoms with Crippen molar-refractivity contribution in [3.63, 3.8) is 0 Å². The van der Waals surface area contributed by atoms with E-state index in [4.69, 9.17) is 23.2 Å². The number of anilines is 1. The predicted octanol–water partition coefficient (Wildman–Crippen LogP) is 5.55. The Morgan fingerprint density at radius 2 is 1.86 bits per heavy atom. The second-order valence-corrected chi connectivity index (χ2v) is 10.3. The number of rotatable bonds is 11. The Balaban J connectivity index is 1.54. The van der Waals surface area contributed by atoms with Crippen molar-refractivity contribution in [1.82, 2.24) is 14.5 Å². The third kappa shape index (κ3) is 8.47. The minimum atomic E-state index is -4.60. The normalized spacial score (nSPS) is 11.9. The number of nitrogens with one attached hydrogen (secondary N) is 1. The molecule has 4 aromatic rings. The molecule has 0 aliphatic rings. The summed E-state index contributed by atoms with van der Waals surface area (Å²) in [7, 11) is 0. The molecule has 0 aliphatic carbocycles. The average Bonchev–Trinajstić information content (AvgIpc) is 3.41. The maximum Gasteiger partial charge on any atom is 0.416 e. The van der Waals surface area contributed by atoms with Crippen molar-refractivity contribution in [3.05, 3.63) is 119 Å². The van der Waals surface area contributed by atoms with Crippen LogP contribution >= 0.6 is 12.2 Å². The zero-order valence-corrected chi connectivity index (χ0v) is 23.7. The predicted molar refractivity (Wildman–Crippen MR) is 158 cm³/mol. The number of benzene rings is 3. The van der Waals surface area contributed by atoms with Crippen LogP contribution in [0.5, 0.6) is 0 Å². The number of hydrogen-bond acceptors (Lipinski definition) is 5. The molecule has 1 heterocycles. The minimum absolute atomic E-state index is 0.0136. The molecule has 0 amide bonds. The summed E-state index contributed by atoms with van der Waals surface area (Å²) in [6.07, 6.45) is -1.45. The molecule has 0 bridgehead atoms. The molecular weight excluding hydrogens is 580 g/mol. The van der Waals surface area contributed by atoms with Gasteiger partial charge in [0.05, 0.1) is 23.5 Å². The number of Topliss-reactive ketones (excluding diaryl/α,β-unsaturated/α-hetero) is 1. The van der Waals surface area contributed by atoms with Crippen LogP contribution in [-0.2, 0) is 30.5 Å². The van der Waals surface area contributed by atoms with Crippen molar-refractivity contribution < 1.29 is 22.4 Å². The van der Waals surface area contributed by atoms with E-state index in [1.165, 1.54) is 41.3 Å². The summed E-state index contributed by atoms with van der Waals surface area (Å²) in [5, 5.41) is 11.9. The Morgan fingerprint density at radius 3 is 2.53 bits per heavy atom. The second-order valence-electron chi connectivity index (χ2n) is 9.87. The molecule has 0 spiro atoms. The van der Waals surface area contributed by atoms with E-state index in [0.29, 0.717) is 23.5 Å². The topological polar surface area (TPSA) is 100.0 Å². The lowest BCUT2D eigenvalue weighted by Crippen LogP contribution is -2.43. The highest BCUT2D eigenvalue weighted by atomic mass is 32.1. The zero-order valence-electron chi connectivity index (χ0n) is 22.9. The van der Waals surface area contributed by atoms with Crippen molar-refractivity contribution in [1.29, 1.82) is 5.26 Å². The lowest BCUT2D eigenvalue weighted by molar-refractivity contribution is -0.138. The number of thiocarbonyl (C=S) groups is 1. The molecule has 0 saturated heterocycles. The Kier molecular flexibility index (Phi) is 10.2. The van der Waals surface area contributed by atoms with E-state index in [2.05, 4.69) is 16.4 Å². The lowest BCUT2D eigenvalue weighted by atomic mass is 9.99. The molecule has 3 aromatic carbocycles. The fraction of sp³-hybridized carbons (Fsp3) is 0.226. The van der Waals surface area contributed by atoms with Gasteiger partial charge in [0.1, 0.15) is 11.6 Å². The number of ketones is 1. The molecule has 0 radical (unpaired) electrons. The van der Waals surface area contributed by atoms with Crippen LogP contribution in [0.1, 0.15) is 27.9 Å². The van der Waals surface area contributed by atoms with E-state index in [0.717, 1.165) is 11.6 Å². The standard InChI is InChI=1S/C31H28F4N6OS/c32-25-5-3-6-26(12-25)39-30(43)40(18-23-4-1-2-7-28(23)31(33,34)35)19-24(15-37)29(42)13-27-16-38-20-41(27)17-22-10-8-21(14-36)9-11-22/h1-12,16,20,24H,13,15,17-19,37H2,(H,39,43)/t24-/m0/s1. The Morgan fingerprint density at radius 1 is 1.12 bits per heavy atom. The van der Waals surface area contributed by atoms with Crippen molar-refractivity contribution in [2.24, 2.45) is 11.7 Å². The van der Waals surface area contributed by atoms with Crippen molar-refractivity contribution in [3.8, 4) is 6.07 Å². The van der Waals surface area contributed by atoms with Crippen LogP contribution < -0.4 is 11.1 Å². The molecule has 1 atom stereocenters. The van der Waals surface area contributed by atoms with Gasteiger partial charge < -0.3 is 20.5 Å². The molecule has 0 fully saturated rings. The van der Waals surface area contributed by atoms with Crippen LogP contribution in [0, 0.1) is 23.1 Å². The van der Waals surface area contributed by atoms with Crippen LogP contribution in [0.2, 0.25) is 0 Å². The maximum absolute atomic E-state index is 13.8. The molecule has 3 N–H and O–H groups in total. The zero-order chi connectivity index (χ0) is 31.0. The van der Waals surface area contributed by atoms with Gasteiger partial charge in [0, 0.05) is 56.1 Å². The lowest BCUT2D eigenvalue weighted by Gasteiger charge is -2.30. The fourth-order valence-corrected chi connectivity index (χ4v) is 4.80. The van der Waals surface area contributed by atoms with Crippen LogP contribution in [0.25, 0.3) is 0 Å². The number of nitrogens with zero attached hydrogens (tertiary/aromatic N) is 4. The molecule has 4 rings (SSSR count). The first kappa shape index (κ1) is 31.3. The van der Waals surface area contributed by atoms with Gasteiger partial charge in [-0.05, 0) is 59.7 Å². The van der Waals surface area contributed by atoms with E-state index < -0.39 is 23.5 Å². The highest BCUT2D eigenvalue weighted by molar-refractivity contribution is 7.80. The molecule has 0 saturated carbocycles. The number of nitriles is 1. The van der Waals surface area contributed by atoms with E-state index in [1.54, 1.807) is 35.3 Å². The first-order chi connectivity index (χ1) is 20.6. The van der Waals surface area contributed by atoms with Crippen molar-refractivity contribution >= 4 is 28.8 Å². The van der Waals surface area contributed by atoms with Gasteiger partial charge >= 0.3 is 6.18 Å². The van der Waals surface area contributed by atoms with E-state index in [9.17, 15) is 22.4 Å². The van der Waals surface area contributed by atoms with Gasteiger partial charge in [-0.3, -0.25) is 4.79 Å². The SMILES string of the molecule is N#Cc1ccc(Cn2cncc2CC(=O)[C@@H](CN)CN(Cc2ccccc2C(F)(F)F)C(=S)Nc2cccc(F)c2)cc1. The van der Waals surface area contributed by atoms with Crippen molar-refractivity contribution in [2.45, 2.75) is 25.7 Å². The monoisotopic (exact) mass is 608 g/mol. The Hall–Kier alpha value is -4.60. The number of hydrogen-bond donors (Lipinski definition) is 2. The van der Waals surface area contributed by atoms with Crippen LogP contribution in [-0.4, -0.2) is 38.4 Å². The van der Waals surface area contributed by atoms with E-state index in [1.807, 2.05) is 12.1 Å². The number of carbonyl (C=O) groups is 1. The van der Waals surface area contributed by atoms with Gasteiger partial charge in [-0.2, -0.15) is 18.4 Å². The first-order valence-corrected chi connectivity index (χ1v) is 13.7. The molecular formula is C31H28F4N6OS. The molecule has 222 valence electrons. The number of halogens is 4. The summed E-state index contributed by atoms with van der Waals surface area (Å²) in [5.41, 5.74) is 7.52. The van der Waals surface area contributed by atoms with Crippen LogP contribution in [0.4, 0.5) is 23.2 Å². The average molecular weight is 609 g/mol. The molecule has 12 heteroatoms. The second kappa shape index (κ2) is 14.0. The third-order valence-electron chi connectivity index (χ3n) is 6.82. The van der Waals surface area contributed by atoms with Gasteiger partial charge in [-0.15, -0.1) is 0 Å². The fourth-order valence-electron chi connectivity index (χ4n) is 4.54. The molecule has 1 aromatic heterocycles. The summed E-state index contributed by atoms with van der Waals surface area (Å²) in [4.78, 5) is 19.1. The third-order valence-corrected chi connectivity index (χ3v) is 7.18.